The molecule has 1 aromatic heterocycles. The molecule has 1 saturated carbocycles. The Morgan fingerprint density at radius 2 is 1.95 bits per heavy atom. The molecule has 2 atom stereocenters. The van der Waals surface area contributed by atoms with Crippen LogP contribution in [-0.2, 0) is 6.54 Å². The lowest BCUT2D eigenvalue weighted by Crippen LogP contribution is -2.24. The number of fused-ring (bicyclic) bond motifs is 1. The minimum atomic E-state index is 0.643. The molecule has 1 aliphatic carbocycles. The fourth-order valence-corrected chi connectivity index (χ4v) is 3.94. The average molecular weight is 314 g/mol. The van der Waals surface area contributed by atoms with Crippen molar-refractivity contribution in [2.75, 3.05) is 13.1 Å². The van der Waals surface area contributed by atoms with Crippen molar-refractivity contribution in [2.45, 2.75) is 26.3 Å². The minimum absolute atomic E-state index is 0.643. The van der Waals surface area contributed by atoms with E-state index in [1.807, 2.05) is 36.7 Å². The van der Waals surface area contributed by atoms with Gasteiger partial charge in [0.1, 0.15) is 0 Å². The van der Waals surface area contributed by atoms with Gasteiger partial charge in [-0.1, -0.05) is 18.5 Å². The van der Waals surface area contributed by atoms with Gasteiger partial charge in [0.15, 0.2) is 5.82 Å². The minimum Gasteiger partial charge on any atom is -0.298 e. The molecule has 22 heavy (non-hydrogen) atoms. The molecule has 2 aromatic rings. The number of benzene rings is 1. The largest absolute Gasteiger partial charge is 0.298 e. The zero-order valence-electron chi connectivity index (χ0n) is 12.8. The van der Waals surface area contributed by atoms with Gasteiger partial charge in [0, 0.05) is 48.2 Å². The van der Waals surface area contributed by atoms with Gasteiger partial charge in [-0.3, -0.25) is 4.90 Å². The molecule has 0 radical (unpaired) electrons. The van der Waals surface area contributed by atoms with Crippen LogP contribution in [0.25, 0.3) is 11.4 Å². The molecule has 2 heterocycles. The van der Waals surface area contributed by atoms with Crippen LogP contribution in [0.4, 0.5) is 0 Å². The highest BCUT2D eigenvalue weighted by Crippen LogP contribution is 2.59. The lowest BCUT2D eigenvalue weighted by molar-refractivity contribution is 0.269. The molecule has 114 valence electrons. The number of likely N-dealkylation sites (tertiary alicyclic amines) is 1. The Hall–Kier alpha value is -1.45. The Morgan fingerprint density at radius 1 is 1.23 bits per heavy atom. The summed E-state index contributed by atoms with van der Waals surface area (Å²) in [6.07, 6.45) is 6.67. The van der Waals surface area contributed by atoms with Gasteiger partial charge in [0.05, 0.1) is 0 Å². The van der Waals surface area contributed by atoms with E-state index in [-0.39, 0.29) is 0 Å². The molecule has 0 spiro atoms. The molecule has 3 nitrogen and oxygen atoms in total. The first kappa shape index (κ1) is 14.2. The number of hydrogen-bond donors (Lipinski definition) is 0. The van der Waals surface area contributed by atoms with Gasteiger partial charge in [-0.15, -0.1) is 0 Å². The summed E-state index contributed by atoms with van der Waals surface area (Å²) in [5.41, 5.74) is 2.85. The topological polar surface area (TPSA) is 29.0 Å². The SMILES string of the molecule is CC[C@]12C[C@H]1CN(Cc1cnc(-c3ccc(Cl)cc3)nc1)C2. The molecule has 0 unspecified atom stereocenters. The summed E-state index contributed by atoms with van der Waals surface area (Å²) in [5.74, 6) is 1.70. The predicted molar refractivity (Wildman–Crippen MR) is 88.6 cm³/mol. The molecule has 0 N–H and O–H groups in total. The third kappa shape index (κ3) is 2.53. The quantitative estimate of drug-likeness (QED) is 0.853. The number of aromatic nitrogens is 2. The maximum Gasteiger partial charge on any atom is 0.159 e. The first-order valence-corrected chi connectivity index (χ1v) is 8.35. The van der Waals surface area contributed by atoms with E-state index in [1.165, 1.54) is 31.5 Å². The number of nitrogens with zero attached hydrogens (tertiary/aromatic N) is 3. The van der Waals surface area contributed by atoms with Crippen molar-refractivity contribution in [2.24, 2.45) is 11.3 Å². The summed E-state index contributed by atoms with van der Waals surface area (Å²) in [6.45, 7) is 5.78. The van der Waals surface area contributed by atoms with Crippen LogP contribution in [0.5, 0.6) is 0 Å². The summed E-state index contributed by atoms with van der Waals surface area (Å²) in [6, 6.07) is 7.65. The van der Waals surface area contributed by atoms with E-state index in [9.17, 15) is 0 Å². The van der Waals surface area contributed by atoms with Crippen LogP contribution in [0.3, 0.4) is 0 Å². The van der Waals surface area contributed by atoms with Crippen molar-refractivity contribution in [3.63, 3.8) is 0 Å². The first-order valence-electron chi connectivity index (χ1n) is 7.98. The summed E-state index contributed by atoms with van der Waals surface area (Å²) in [5, 5.41) is 0.734. The Morgan fingerprint density at radius 3 is 2.59 bits per heavy atom. The average Bonchev–Trinajstić information content (AvgIpc) is 3.11. The Kier molecular flexibility index (Phi) is 3.43. The molecule has 1 aromatic carbocycles. The monoisotopic (exact) mass is 313 g/mol. The van der Waals surface area contributed by atoms with Crippen LogP contribution in [-0.4, -0.2) is 28.0 Å². The Bertz CT molecular complexity index is 664. The molecule has 0 amide bonds. The lowest BCUT2D eigenvalue weighted by Gasteiger charge is -2.19. The van der Waals surface area contributed by atoms with E-state index in [4.69, 9.17) is 11.6 Å². The smallest absolute Gasteiger partial charge is 0.159 e. The summed E-state index contributed by atoms with van der Waals surface area (Å²) in [4.78, 5) is 11.6. The van der Waals surface area contributed by atoms with Crippen molar-refractivity contribution in [1.29, 1.82) is 0 Å². The zero-order chi connectivity index (χ0) is 15.2. The third-order valence-corrected chi connectivity index (χ3v) is 5.55. The van der Waals surface area contributed by atoms with E-state index in [1.54, 1.807) is 0 Å². The van der Waals surface area contributed by atoms with Gasteiger partial charge in [-0.25, -0.2) is 9.97 Å². The molecule has 0 bridgehead atoms. The highest BCUT2D eigenvalue weighted by molar-refractivity contribution is 6.30. The van der Waals surface area contributed by atoms with Crippen molar-refractivity contribution >= 4 is 11.6 Å². The number of rotatable bonds is 4. The van der Waals surface area contributed by atoms with Crippen LogP contribution in [0, 0.1) is 11.3 Å². The summed E-state index contributed by atoms with van der Waals surface area (Å²) >= 11 is 5.91. The molecule has 2 fully saturated rings. The van der Waals surface area contributed by atoms with Crippen molar-refractivity contribution in [3.8, 4) is 11.4 Å². The molecule has 2 aliphatic rings. The van der Waals surface area contributed by atoms with Crippen molar-refractivity contribution in [3.05, 3.63) is 47.2 Å². The fourth-order valence-electron chi connectivity index (χ4n) is 3.81. The molecular weight excluding hydrogens is 294 g/mol. The number of halogens is 1. The maximum absolute atomic E-state index is 5.91. The van der Waals surface area contributed by atoms with Crippen LogP contribution in [0.1, 0.15) is 25.3 Å². The van der Waals surface area contributed by atoms with Gasteiger partial charge >= 0.3 is 0 Å². The second-order valence-electron chi connectivity index (χ2n) is 6.71. The second kappa shape index (κ2) is 5.32. The van der Waals surface area contributed by atoms with E-state index in [0.717, 1.165) is 28.9 Å². The van der Waals surface area contributed by atoms with Gasteiger partial charge < -0.3 is 0 Å². The van der Waals surface area contributed by atoms with Crippen LogP contribution >= 0.6 is 11.6 Å². The Balaban J connectivity index is 1.43. The normalized spacial score (nSPS) is 26.9. The molecule has 4 rings (SSSR count). The summed E-state index contributed by atoms with van der Waals surface area (Å²) in [7, 11) is 0. The van der Waals surface area contributed by atoms with Crippen molar-refractivity contribution in [1.82, 2.24) is 14.9 Å². The Labute approximate surface area is 136 Å². The van der Waals surface area contributed by atoms with Crippen LogP contribution in [0.2, 0.25) is 5.02 Å². The van der Waals surface area contributed by atoms with Gasteiger partial charge in [0.2, 0.25) is 0 Å². The number of hydrogen-bond acceptors (Lipinski definition) is 3. The van der Waals surface area contributed by atoms with Crippen molar-refractivity contribution < 1.29 is 0 Å². The van der Waals surface area contributed by atoms with Crippen LogP contribution < -0.4 is 0 Å². The highest BCUT2D eigenvalue weighted by atomic mass is 35.5. The molecular formula is C18H20ClN3. The van der Waals surface area contributed by atoms with E-state index in [2.05, 4.69) is 21.8 Å². The van der Waals surface area contributed by atoms with E-state index in [0.29, 0.717) is 5.41 Å². The molecule has 4 heteroatoms. The molecule has 1 aliphatic heterocycles. The predicted octanol–water partition coefficient (Wildman–Crippen LogP) is 4.03. The maximum atomic E-state index is 5.91. The van der Waals surface area contributed by atoms with Gasteiger partial charge in [-0.05, 0) is 48.4 Å². The summed E-state index contributed by atoms with van der Waals surface area (Å²) < 4.78 is 0. The second-order valence-corrected chi connectivity index (χ2v) is 7.14. The van der Waals surface area contributed by atoms with Gasteiger partial charge in [0.25, 0.3) is 0 Å². The highest BCUT2D eigenvalue weighted by Gasteiger charge is 2.57. The number of piperidine rings is 1. The van der Waals surface area contributed by atoms with E-state index < -0.39 is 0 Å². The zero-order valence-corrected chi connectivity index (χ0v) is 13.6. The first-order chi connectivity index (χ1) is 10.7. The standard InChI is InChI=1S/C18H20ClN3/c1-2-18-7-15(18)11-22(12-18)10-13-8-20-17(21-9-13)14-3-5-16(19)6-4-14/h3-6,8-9,15H,2,7,10-12H2,1H3/t15-,18+/m0/s1. The van der Waals surface area contributed by atoms with Crippen LogP contribution in [0.15, 0.2) is 36.7 Å². The van der Waals surface area contributed by atoms with E-state index >= 15 is 0 Å². The third-order valence-electron chi connectivity index (χ3n) is 5.29. The van der Waals surface area contributed by atoms with Gasteiger partial charge in [-0.2, -0.15) is 0 Å². The fraction of sp³-hybridized carbons (Fsp3) is 0.444. The lowest BCUT2D eigenvalue weighted by atomic mass is 10.0. The molecule has 1 saturated heterocycles.